The van der Waals surface area contributed by atoms with E-state index < -0.39 is 5.97 Å². The van der Waals surface area contributed by atoms with Crippen LogP contribution in [0.5, 0.6) is 0 Å². The predicted octanol–water partition coefficient (Wildman–Crippen LogP) is 2.52. The van der Waals surface area contributed by atoms with Gasteiger partial charge in [0.25, 0.3) is 0 Å². The summed E-state index contributed by atoms with van der Waals surface area (Å²) < 4.78 is 12.8. The van der Waals surface area contributed by atoms with Crippen LogP contribution < -0.4 is 0 Å². The van der Waals surface area contributed by atoms with E-state index in [0.29, 0.717) is 23.6 Å². The standard InChI is InChI=1S/C14H13FN2O2/c1-8-13(14(18)19)9(2)17-12(16-8)7-10-3-5-11(15)6-4-10/h3-6H,7H2,1-2H3,(H,18,19). The second-order valence-corrected chi connectivity index (χ2v) is 4.29. The molecule has 0 radical (unpaired) electrons. The second kappa shape index (κ2) is 5.14. The minimum absolute atomic E-state index is 0.142. The minimum Gasteiger partial charge on any atom is -0.478 e. The number of aromatic carboxylic acids is 1. The number of halogens is 1. The van der Waals surface area contributed by atoms with Gasteiger partial charge in [-0.25, -0.2) is 19.2 Å². The van der Waals surface area contributed by atoms with Gasteiger partial charge < -0.3 is 5.11 Å². The highest BCUT2D eigenvalue weighted by molar-refractivity contribution is 5.89. The molecule has 1 aromatic carbocycles. The molecule has 19 heavy (non-hydrogen) atoms. The third-order valence-corrected chi connectivity index (χ3v) is 2.81. The Labute approximate surface area is 110 Å². The lowest BCUT2D eigenvalue weighted by Gasteiger charge is -2.07. The van der Waals surface area contributed by atoms with E-state index in [1.54, 1.807) is 26.0 Å². The van der Waals surface area contributed by atoms with Crippen molar-refractivity contribution in [3.05, 3.63) is 58.4 Å². The molecule has 4 nitrogen and oxygen atoms in total. The highest BCUT2D eigenvalue weighted by Gasteiger charge is 2.14. The summed E-state index contributed by atoms with van der Waals surface area (Å²) in [5.41, 5.74) is 1.90. The van der Waals surface area contributed by atoms with E-state index in [1.807, 2.05) is 0 Å². The molecule has 0 unspecified atom stereocenters. The lowest BCUT2D eigenvalue weighted by Crippen LogP contribution is -2.10. The number of hydrogen-bond donors (Lipinski definition) is 1. The summed E-state index contributed by atoms with van der Waals surface area (Å²) in [5, 5.41) is 9.04. The third-order valence-electron chi connectivity index (χ3n) is 2.81. The molecule has 0 aliphatic rings. The lowest BCUT2D eigenvalue weighted by atomic mass is 10.1. The lowest BCUT2D eigenvalue weighted by molar-refractivity contribution is 0.0694. The molecule has 1 aromatic heterocycles. The van der Waals surface area contributed by atoms with Crippen molar-refractivity contribution in [1.82, 2.24) is 9.97 Å². The van der Waals surface area contributed by atoms with Gasteiger partial charge in [-0.1, -0.05) is 12.1 Å². The van der Waals surface area contributed by atoms with Crippen LogP contribution >= 0.6 is 0 Å². The number of nitrogens with zero attached hydrogens (tertiary/aromatic N) is 2. The quantitative estimate of drug-likeness (QED) is 0.921. The van der Waals surface area contributed by atoms with Crippen molar-refractivity contribution < 1.29 is 14.3 Å². The topological polar surface area (TPSA) is 63.1 Å². The Morgan fingerprint density at radius 3 is 2.16 bits per heavy atom. The van der Waals surface area contributed by atoms with Crippen LogP contribution in [-0.4, -0.2) is 21.0 Å². The van der Waals surface area contributed by atoms with Crippen molar-refractivity contribution >= 4 is 5.97 Å². The molecule has 0 aliphatic carbocycles. The van der Waals surface area contributed by atoms with Gasteiger partial charge in [0.1, 0.15) is 17.2 Å². The first kappa shape index (κ1) is 13.1. The Balaban J connectivity index is 2.32. The van der Waals surface area contributed by atoms with Crippen molar-refractivity contribution in [2.45, 2.75) is 20.3 Å². The molecule has 2 aromatic rings. The molecule has 0 saturated carbocycles. The summed E-state index contributed by atoms with van der Waals surface area (Å²) in [6.07, 6.45) is 0.446. The van der Waals surface area contributed by atoms with Gasteiger partial charge in [-0.05, 0) is 31.5 Å². The van der Waals surface area contributed by atoms with Gasteiger partial charge in [0, 0.05) is 6.42 Å². The molecule has 1 N–H and O–H groups in total. The molecule has 0 spiro atoms. The number of carbonyl (C=O) groups is 1. The Bertz CT molecular complexity index is 601. The fourth-order valence-corrected chi connectivity index (χ4v) is 1.96. The Morgan fingerprint density at radius 1 is 1.16 bits per heavy atom. The Kier molecular flexibility index (Phi) is 3.55. The molecule has 0 fully saturated rings. The maximum atomic E-state index is 12.8. The number of carboxylic acid groups (broad SMARTS) is 1. The molecule has 0 bridgehead atoms. The highest BCUT2D eigenvalue weighted by atomic mass is 19.1. The van der Waals surface area contributed by atoms with Gasteiger partial charge in [-0.15, -0.1) is 0 Å². The average Bonchev–Trinajstić information content (AvgIpc) is 2.30. The molecule has 1 heterocycles. The summed E-state index contributed by atoms with van der Waals surface area (Å²) in [6, 6.07) is 6.07. The fourth-order valence-electron chi connectivity index (χ4n) is 1.96. The molecule has 98 valence electrons. The zero-order chi connectivity index (χ0) is 14.0. The summed E-state index contributed by atoms with van der Waals surface area (Å²) in [5.74, 6) is -0.784. The number of carboxylic acids is 1. The van der Waals surface area contributed by atoms with Crippen molar-refractivity contribution in [1.29, 1.82) is 0 Å². The first-order chi connectivity index (χ1) is 8.97. The van der Waals surface area contributed by atoms with Crippen molar-refractivity contribution in [3.8, 4) is 0 Å². The maximum absolute atomic E-state index is 12.8. The van der Waals surface area contributed by atoms with Gasteiger partial charge >= 0.3 is 5.97 Å². The SMILES string of the molecule is Cc1nc(Cc2ccc(F)cc2)nc(C)c1C(=O)O. The van der Waals surface area contributed by atoms with E-state index in [4.69, 9.17) is 5.11 Å². The average molecular weight is 260 g/mol. The number of rotatable bonds is 3. The molecule has 0 saturated heterocycles. The summed E-state index contributed by atoms with van der Waals surface area (Å²) >= 11 is 0. The molecule has 0 aliphatic heterocycles. The van der Waals surface area contributed by atoms with Crippen LogP contribution in [-0.2, 0) is 6.42 Å². The number of hydrogen-bond acceptors (Lipinski definition) is 3. The fraction of sp³-hybridized carbons (Fsp3) is 0.214. The van der Waals surface area contributed by atoms with Gasteiger partial charge in [0.15, 0.2) is 0 Å². The third kappa shape index (κ3) is 2.93. The van der Waals surface area contributed by atoms with E-state index in [9.17, 15) is 9.18 Å². The van der Waals surface area contributed by atoms with Gasteiger partial charge in [-0.3, -0.25) is 0 Å². The monoisotopic (exact) mass is 260 g/mol. The number of aromatic nitrogens is 2. The van der Waals surface area contributed by atoms with Crippen molar-refractivity contribution in [2.75, 3.05) is 0 Å². The molecular weight excluding hydrogens is 247 g/mol. The minimum atomic E-state index is -1.02. The highest BCUT2D eigenvalue weighted by Crippen LogP contribution is 2.13. The van der Waals surface area contributed by atoms with E-state index >= 15 is 0 Å². The zero-order valence-corrected chi connectivity index (χ0v) is 10.6. The van der Waals surface area contributed by atoms with Crippen molar-refractivity contribution in [3.63, 3.8) is 0 Å². The van der Waals surface area contributed by atoms with Gasteiger partial charge in [-0.2, -0.15) is 0 Å². The van der Waals surface area contributed by atoms with Crippen LogP contribution in [0.25, 0.3) is 0 Å². The van der Waals surface area contributed by atoms with Gasteiger partial charge in [0.05, 0.1) is 11.4 Å². The number of aryl methyl sites for hydroxylation is 2. The summed E-state index contributed by atoms with van der Waals surface area (Å²) in [6.45, 7) is 3.29. The Morgan fingerprint density at radius 2 is 1.68 bits per heavy atom. The van der Waals surface area contributed by atoms with Crippen LogP contribution in [0.2, 0.25) is 0 Å². The Hall–Kier alpha value is -2.30. The molecular formula is C14H13FN2O2. The second-order valence-electron chi connectivity index (χ2n) is 4.29. The van der Waals surface area contributed by atoms with E-state index in [2.05, 4.69) is 9.97 Å². The van der Waals surface area contributed by atoms with Crippen LogP contribution in [0.1, 0.15) is 33.1 Å². The summed E-state index contributed by atoms with van der Waals surface area (Å²) in [4.78, 5) is 19.4. The zero-order valence-electron chi connectivity index (χ0n) is 10.6. The van der Waals surface area contributed by atoms with E-state index in [-0.39, 0.29) is 11.4 Å². The number of benzene rings is 1. The molecule has 5 heteroatoms. The van der Waals surface area contributed by atoms with E-state index in [0.717, 1.165) is 5.56 Å². The largest absolute Gasteiger partial charge is 0.478 e. The van der Waals surface area contributed by atoms with Crippen LogP contribution in [0.3, 0.4) is 0 Å². The molecule has 0 atom stereocenters. The summed E-state index contributed by atoms with van der Waals surface area (Å²) in [7, 11) is 0. The first-order valence-electron chi connectivity index (χ1n) is 5.79. The van der Waals surface area contributed by atoms with Crippen LogP contribution in [0, 0.1) is 19.7 Å². The molecule has 0 amide bonds. The predicted molar refractivity (Wildman–Crippen MR) is 67.7 cm³/mol. The van der Waals surface area contributed by atoms with E-state index in [1.165, 1.54) is 12.1 Å². The normalized spacial score (nSPS) is 10.5. The molecule has 2 rings (SSSR count). The van der Waals surface area contributed by atoms with Gasteiger partial charge in [0.2, 0.25) is 0 Å². The van der Waals surface area contributed by atoms with Crippen molar-refractivity contribution in [2.24, 2.45) is 0 Å². The van der Waals surface area contributed by atoms with Crippen LogP contribution in [0.15, 0.2) is 24.3 Å². The first-order valence-corrected chi connectivity index (χ1v) is 5.79. The maximum Gasteiger partial charge on any atom is 0.339 e. The smallest absolute Gasteiger partial charge is 0.339 e. The van der Waals surface area contributed by atoms with Crippen LogP contribution in [0.4, 0.5) is 4.39 Å².